The van der Waals surface area contributed by atoms with E-state index in [4.69, 9.17) is 0 Å². The van der Waals surface area contributed by atoms with Crippen molar-refractivity contribution in [3.63, 3.8) is 0 Å². The molecule has 0 bridgehead atoms. The van der Waals surface area contributed by atoms with Crippen LogP contribution < -0.4 is 16.0 Å². The van der Waals surface area contributed by atoms with E-state index < -0.39 is 5.41 Å². The molecule has 0 aliphatic rings. The summed E-state index contributed by atoms with van der Waals surface area (Å²) in [5.74, 6) is 1.68. The quantitative estimate of drug-likeness (QED) is 0.683. The fraction of sp³-hybridized carbons (Fsp3) is 0.667. The molecule has 0 unspecified atom stereocenters. The van der Waals surface area contributed by atoms with Gasteiger partial charge in [0.1, 0.15) is 18.0 Å². The van der Waals surface area contributed by atoms with Gasteiger partial charge in [0.25, 0.3) is 0 Å². The monoisotopic (exact) mass is 293 g/mol. The van der Waals surface area contributed by atoms with Crippen LogP contribution in [0.2, 0.25) is 0 Å². The van der Waals surface area contributed by atoms with Crippen molar-refractivity contribution in [2.45, 2.75) is 40.5 Å². The molecular weight excluding hydrogens is 266 g/mol. The van der Waals surface area contributed by atoms with Gasteiger partial charge >= 0.3 is 0 Å². The lowest BCUT2D eigenvalue weighted by Crippen LogP contribution is -2.39. The number of anilines is 2. The lowest BCUT2D eigenvalue weighted by atomic mass is 9.92. The molecule has 0 saturated carbocycles. The maximum Gasteiger partial charge on any atom is 0.227 e. The molecule has 1 rings (SSSR count). The van der Waals surface area contributed by atoms with Gasteiger partial charge in [-0.05, 0) is 27.2 Å². The van der Waals surface area contributed by atoms with Crippen LogP contribution in [0.15, 0.2) is 6.33 Å². The number of nitrogens with zero attached hydrogens (tertiary/aromatic N) is 2. The van der Waals surface area contributed by atoms with Crippen LogP contribution in [0.4, 0.5) is 11.6 Å². The highest BCUT2D eigenvalue weighted by Crippen LogP contribution is 2.23. The van der Waals surface area contributed by atoms with Gasteiger partial charge < -0.3 is 16.0 Å². The highest BCUT2D eigenvalue weighted by Gasteiger charge is 2.26. The van der Waals surface area contributed by atoms with Gasteiger partial charge in [0.05, 0.1) is 5.41 Å². The van der Waals surface area contributed by atoms with Crippen molar-refractivity contribution in [2.24, 2.45) is 5.41 Å². The second-order valence-corrected chi connectivity index (χ2v) is 5.65. The maximum absolute atomic E-state index is 11.8. The Morgan fingerprint density at radius 2 is 1.81 bits per heavy atom. The van der Waals surface area contributed by atoms with Crippen LogP contribution in [-0.4, -0.2) is 36.0 Å². The van der Waals surface area contributed by atoms with E-state index in [1.54, 1.807) is 13.4 Å². The highest BCUT2D eigenvalue weighted by molar-refractivity contribution is 5.82. The summed E-state index contributed by atoms with van der Waals surface area (Å²) in [7, 11) is 1.65. The number of aromatic nitrogens is 2. The Bertz CT molecular complexity index is 473. The number of hydrogen-bond donors (Lipinski definition) is 3. The van der Waals surface area contributed by atoms with Gasteiger partial charge in [-0.15, -0.1) is 0 Å². The van der Waals surface area contributed by atoms with Crippen molar-refractivity contribution in [3.8, 4) is 0 Å². The Labute approximate surface area is 127 Å². The smallest absolute Gasteiger partial charge is 0.227 e. The summed E-state index contributed by atoms with van der Waals surface area (Å²) in [5.41, 5.74) is 0.580. The van der Waals surface area contributed by atoms with E-state index in [2.05, 4.69) is 32.8 Å². The van der Waals surface area contributed by atoms with Crippen LogP contribution in [0.3, 0.4) is 0 Å². The SMILES string of the molecule is CCCc1c(NCC)ncnc1NCC(C)(C)C(=O)NC. The summed E-state index contributed by atoms with van der Waals surface area (Å²) in [5, 5.41) is 9.25. The second kappa shape index (κ2) is 7.81. The first kappa shape index (κ1) is 17.2. The molecule has 0 fully saturated rings. The number of nitrogens with one attached hydrogen (secondary N) is 3. The molecule has 0 aliphatic carbocycles. The number of hydrogen-bond acceptors (Lipinski definition) is 5. The second-order valence-electron chi connectivity index (χ2n) is 5.65. The van der Waals surface area contributed by atoms with Gasteiger partial charge in [0, 0.05) is 25.7 Å². The average molecular weight is 293 g/mol. The summed E-state index contributed by atoms with van der Waals surface area (Å²) in [4.78, 5) is 20.5. The summed E-state index contributed by atoms with van der Waals surface area (Å²) in [6.07, 6.45) is 3.46. The summed E-state index contributed by atoms with van der Waals surface area (Å²) >= 11 is 0. The molecular formula is C15H27N5O. The van der Waals surface area contributed by atoms with Crippen LogP contribution in [0.1, 0.15) is 39.7 Å². The van der Waals surface area contributed by atoms with E-state index in [0.717, 1.165) is 36.6 Å². The maximum atomic E-state index is 11.8. The zero-order chi connectivity index (χ0) is 15.9. The Hall–Kier alpha value is -1.85. The summed E-state index contributed by atoms with van der Waals surface area (Å²) in [6.45, 7) is 9.32. The predicted octanol–water partition coefficient (Wildman–Crippen LogP) is 2.04. The van der Waals surface area contributed by atoms with Gasteiger partial charge in [-0.25, -0.2) is 9.97 Å². The van der Waals surface area contributed by atoms with Gasteiger partial charge in [-0.2, -0.15) is 0 Å². The van der Waals surface area contributed by atoms with Crippen molar-refractivity contribution in [1.82, 2.24) is 15.3 Å². The third kappa shape index (κ3) is 4.58. The average Bonchev–Trinajstić information content (AvgIpc) is 2.47. The van der Waals surface area contributed by atoms with Gasteiger partial charge in [-0.1, -0.05) is 13.3 Å². The summed E-state index contributed by atoms with van der Waals surface area (Å²) < 4.78 is 0. The van der Waals surface area contributed by atoms with E-state index in [-0.39, 0.29) is 5.91 Å². The minimum absolute atomic E-state index is 0.00741. The Kier molecular flexibility index (Phi) is 6.39. The first-order valence-electron chi connectivity index (χ1n) is 7.50. The molecule has 6 heteroatoms. The molecule has 1 amide bonds. The van der Waals surface area contributed by atoms with Crippen molar-refractivity contribution >= 4 is 17.5 Å². The summed E-state index contributed by atoms with van der Waals surface area (Å²) in [6, 6.07) is 0. The minimum Gasteiger partial charge on any atom is -0.370 e. The molecule has 0 radical (unpaired) electrons. The Morgan fingerprint density at radius 3 is 2.33 bits per heavy atom. The molecule has 1 aromatic rings. The minimum atomic E-state index is -0.498. The first-order chi connectivity index (χ1) is 9.96. The lowest BCUT2D eigenvalue weighted by Gasteiger charge is -2.24. The van der Waals surface area contributed by atoms with Crippen LogP contribution in [0.5, 0.6) is 0 Å². The fourth-order valence-electron chi connectivity index (χ4n) is 2.09. The first-order valence-corrected chi connectivity index (χ1v) is 7.50. The Balaban J connectivity index is 2.92. The van der Waals surface area contributed by atoms with Gasteiger partial charge in [-0.3, -0.25) is 4.79 Å². The van der Waals surface area contributed by atoms with Crippen LogP contribution in [-0.2, 0) is 11.2 Å². The molecule has 118 valence electrons. The largest absolute Gasteiger partial charge is 0.370 e. The lowest BCUT2D eigenvalue weighted by molar-refractivity contribution is -0.128. The molecule has 1 heterocycles. The normalized spacial score (nSPS) is 11.1. The van der Waals surface area contributed by atoms with Gasteiger partial charge in [0.2, 0.25) is 5.91 Å². The molecule has 6 nitrogen and oxygen atoms in total. The van der Waals surface area contributed by atoms with E-state index in [9.17, 15) is 4.79 Å². The number of amides is 1. The zero-order valence-corrected chi connectivity index (χ0v) is 13.7. The molecule has 3 N–H and O–H groups in total. The van der Waals surface area contributed by atoms with Crippen molar-refractivity contribution in [3.05, 3.63) is 11.9 Å². The molecule has 0 aliphatic heterocycles. The van der Waals surface area contributed by atoms with Crippen LogP contribution in [0, 0.1) is 5.41 Å². The predicted molar refractivity (Wildman–Crippen MR) is 86.5 cm³/mol. The van der Waals surface area contributed by atoms with E-state index in [1.165, 1.54) is 0 Å². The number of carbonyl (C=O) groups excluding carboxylic acids is 1. The molecule has 0 aromatic carbocycles. The van der Waals surface area contributed by atoms with Crippen molar-refractivity contribution < 1.29 is 4.79 Å². The topological polar surface area (TPSA) is 78.9 Å². The Morgan fingerprint density at radius 1 is 1.19 bits per heavy atom. The van der Waals surface area contributed by atoms with E-state index in [0.29, 0.717) is 6.54 Å². The van der Waals surface area contributed by atoms with E-state index >= 15 is 0 Å². The molecule has 0 atom stereocenters. The fourth-order valence-corrected chi connectivity index (χ4v) is 2.09. The molecule has 21 heavy (non-hydrogen) atoms. The third-order valence-corrected chi connectivity index (χ3v) is 3.33. The third-order valence-electron chi connectivity index (χ3n) is 3.33. The highest BCUT2D eigenvalue weighted by atomic mass is 16.2. The van der Waals surface area contributed by atoms with Crippen LogP contribution >= 0.6 is 0 Å². The molecule has 0 spiro atoms. The molecule has 0 saturated heterocycles. The molecule has 1 aromatic heterocycles. The van der Waals surface area contributed by atoms with E-state index in [1.807, 2.05) is 20.8 Å². The standard InChI is InChI=1S/C15H27N5O/c1-6-8-11-12(17-7-2)19-10-20-13(11)18-9-15(3,4)14(21)16-5/h10H,6-9H2,1-5H3,(H,16,21)(H2,17,18,19,20). The van der Waals surface area contributed by atoms with Crippen molar-refractivity contribution in [1.29, 1.82) is 0 Å². The number of carbonyl (C=O) groups is 1. The number of rotatable bonds is 8. The van der Waals surface area contributed by atoms with Crippen molar-refractivity contribution in [2.75, 3.05) is 30.8 Å². The van der Waals surface area contributed by atoms with Gasteiger partial charge in [0.15, 0.2) is 0 Å². The zero-order valence-electron chi connectivity index (χ0n) is 13.7. The van der Waals surface area contributed by atoms with Crippen LogP contribution in [0.25, 0.3) is 0 Å².